The van der Waals surface area contributed by atoms with Crippen molar-refractivity contribution >= 4 is 32.4 Å². The third kappa shape index (κ3) is 4.47. The average molecular weight is 407 g/mol. The van der Waals surface area contributed by atoms with Gasteiger partial charge < -0.3 is 14.5 Å². The fourth-order valence-electron chi connectivity index (χ4n) is 2.24. The minimum atomic E-state index is -3.82. The highest BCUT2D eigenvalue weighted by Crippen LogP contribution is 2.25. The molecule has 3 aromatic rings. The first-order chi connectivity index (χ1) is 12.9. The summed E-state index contributed by atoms with van der Waals surface area (Å²) in [5, 5.41) is 2.83. The summed E-state index contributed by atoms with van der Waals surface area (Å²) in [6.45, 7) is 1.87. The van der Waals surface area contributed by atoms with Crippen LogP contribution in [0, 0.1) is 6.92 Å². The fraction of sp³-hybridized carbons (Fsp3) is 0.176. The number of ether oxygens (including phenoxy) is 1. The zero-order chi connectivity index (χ0) is 19.4. The number of nitrogens with zero attached hydrogens (tertiary/aromatic N) is 1. The number of aromatic nitrogens is 1. The molecule has 1 aromatic carbocycles. The molecule has 142 valence electrons. The molecule has 0 unspecified atom stereocenters. The van der Waals surface area contributed by atoms with Crippen LogP contribution in [0.15, 0.2) is 52.0 Å². The molecule has 3 rings (SSSR count). The van der Waals surface area contributed by atoms with Gasteiger partial charge in [0, 0.05) is 0 Å². The largest absolute Gasteiger partial charge is 0.497 e. The van der Waals surface area contributed by atoms with Crippen LogP contribution < -0.4 is 14.8 Å². The van der Waals surface area contributed by atoms with E-state index in [0.29, 0.717) is 22.1 Å². The molecular formula is C17H17N3O5S2. The zero-order valence-corrected chi connectivity index (χ0v) is 16.2. The lowest BCUT2D eigenvalue weighted by atomic mass is 10.3. The molecule has 0 spiro atoms. The van der Waals surface area contributed by atoms with E-state index < -0.39 is 10.0 Å². The normalized spacial score (nSPS) is 11.2. The zero-order valence-electron chi connectivity index (χ0n) is 14.6. The van der Waals surface area contributed by atoms with Gasteiger partial charge in [0.05, 0.1) is 30.5 Å². The van der Waals surface area contributed by atoms with Crippen molar-refractivity contribution < 1.29 is 22.4 Å². The van der Waals surface area contributed by atoms with Gasteiger partial charge in [0.1, 0.15) is 16.4 Å². The highest BCUT2D eigenvalue weighted by atomic mass is 32.2. The number of thiazole rings is 1. The lowest BCUT2D eigenvalue weighted by molar-refractivity contribution is 0.0951. The topological polar surface area (TPSA) is 111 Å². The number of anilines is 1. The molecule has 10 heteroatoms. The number of furan rings is 1. The Morgan fingerprint density at radius 1 is 1.26 bits per heavy atom. The molecule has 27 heavy (non-hydrogen) atoms. The van der Waals surface area contributed by atoms with Gasteiger partial charge in [0.15, 0.2) is 5.13 Å². The van der Waals surface area contributed by atoms with E-state index in [0.717, 1.165) is 11.3 Å². The van der Waals surface area contributed by atoms with Crippen molar-refractivity contribution in [1.29, 1.82) is 0 Å². The SMILES string of the molecule is COc1ccc(S(=O)(=O)Nc2nc(C)c(C(=O)NCc3ccco3)s2)cc1. The molecule has 0 saturated carbocycles. The molecule has 0 aliphatic carbocycles. The van der Waals surface area contributed by atoms with Crippen LogP contribution in [0.5, 0.6) is 5.75 Å². The number of hydrogen-bond acceptors (Lipinski definition) is 7. The summed E-state index contributed by atoms with van der Waals surface area (Å²) < 4.78 is 37.5. The molecule has 2 N–H and O–H groups in total. The summed E-state index contributed by atoms with van der Waals surface area (Å²) in [7, 11) is -2.32. The summed E-state index contributed by atoms with van der Waals surface area (Å²) in [5.74, 6) is 0.816. The summed E-state index contributed by atoms with van der Waals surface area (Å²) in [6.07, 6.45) is 1.52. The van der Waals surface area contributed by atoms with E-state index in [4.69, 9.17) is 9.15 Å². The molecule has 8 nitrogen and oxygen atoms in total. The Morgan fingerprint density at radius 3 is 2.63 bits per heavy atom. The lowest BCUT2D eigenvalue weighted by Gasteiger charge is -2.06. The van der Waals surface area contributed by atoms with E-state index in [-0.39, 0.29) is 22.5 Å². The minimum absolute atomic E-state index is 0.0694. The summed E-state index contributed by atoms with van der Waals surface area (Å²) >= 11 is 0.965. The van der Waals surface area contributed by atoms with Crippen molar-refractivity contribution in [3.8, 4) is 5.75 Å². The minimum Gasteiger partial charge on any atom is -0.497 e. The van der Waals surface area contributed by atoms with Gasteiger partial charge in [-0.1, -0.05) is 11.3 Å². The monoisotopic (exact) mass is 407 g/mol. The summed E-state index contributed by atoms with van der Waals surface area (Å²) in [5.41, 5.74) is 0.435. The highest BCUT2D eigenvalue weighted by molar-refractivity contribution is 7.93. The Kier molecular flexibility index (Phi) is 5.47. The Balaban J connectivity index is 1.72. The Morgan fingerprint density at radius 2 is 2.00 bits per heavy atom. The van der Waals surface area contributed by atoms with Gasteiger partial charge in [-0.2, -0.15) is 0 Å². The molecule has 0 atom stereocenters. The maximum atomic E-state index is 12.5. The van der Waals surface area contributed by atoms with Crippen LogP contribution in [0.1, 0.15) is 21.1 Å². The number of aryl methyl sites for hydroxylation is 1. The van der Waals surface area contributed by atoms with Gasteiger partial charge in [-0.05, 0) is 43.3 Å². The number of carbonyl (C=O) groups is 1. The Labute approximate surface area is 160 Å². The van der Waals surface area contributed by atoms with Crippen LogP contribution in [0.25, 0.3) is 0 Å². The van der Waals surface area contributed by atoms with E-state index in [9.17, 15) is 13.2 Å². The van der Waals surface area contributed by atoms with E-state index in [1.54, 1.807) is 31.2 Å². The van der Waals surface area contributed by atoms with Crippen molar-refractivity contribution in [2.75, 3.05) is 11.8 Å². The first kappa shape index (κ1) is 18.9. The number of sulfonamides is 1. The third-order valence-corrected chi connectivity index (χ3v) is 6.15. The van der Waals surface area contributed by atoms with Gasteiger partial charge in [-0.15, -0.1) is 0 Å². The standard InChI is InChI=1S/C17H17N3O5S2/c1-11-15(16(21)18-10-13-4-3-9-25-13)26-17(19-11)20-27(22,23)14-7-5-12(24-2)6-8-14/h3-9H,10H2,1-2H3,(H,18,21)(H,19,20). The third-order valence-electron chi connectivity index (χ3n) is 3.60. The molecule has 0 fully saturated rings. The number of nitrogens with one attached hydrogen (secondary N) is 2. The van der Waals surface area contributed by atoms with Crippen molar-refractivity contribution in [3.63, 3.8) is 0 Å². The van der Waals surface area contributed by atoms with Gasteiger partial charge in [-0.25, -0.2) is 13.4 Å². The maximum Gasteiger partial charge on any atom is 0.263 e. The molecular weight excluding hydrogens is 390 g/mol. The van der Waals surface area contributed by atoms with Crippen LogP contribution in [0.3, 0.4) is 0 Å². The molecule has 1 amide bonds. The molecule has 2 aromatic heterocycles. The Bertz CT molecular complexity index is 1030. The fourth-order valence-corrected chi connectivity index (χ4v) is 4.36. The van der Waals surface area contributed by atoms with Gasteiger partial charge in [0.25, 0.3) is 15.9 Å². The van der Waals surface area contributed by atoms with E-state index in [1.807, 2.05) is 0 Å². The quantitative estimate of drug-likeness (QED) is 0.623. The molecule has 0 saturated heterocycles. The number of amides is 1. The van der Waals surface area contributed by atoms with Crippen LogP contribution in [-0.2, 0) is 16.6 Å². The van der Waals surface area contributed by atoms with E-state index in [2.05, 4.69) is 15.0 Å². The first-order valence-corrected chi connectivity index (χ1v) is 10.1. The van der Waals surface area contributed by atoms with Crippen molar-refractivity contribution in [3.05, 3.63) is 59.0 Å². The van der Waals surface area contributed by atoms with Gasteiger partial charge in [-0.3, -0.25) is 9.52 Å². The predicted octanol–water partition coefficient (Wildman–Crippen LogP) is 2.78. The maximum absolute atomic E-state index is 12.5. The van der Waals surface area contributed by atoms with Crippen LogP contribution >= 0.6 is 11.3 Å². The van der Waals surface area contributed by atoms with Crippen molar-refractivity contribution in [1.82, 2.24) is 10.3 Å². The van der Waals surface area contributed by atoms with Crippen LogP contribution in [0.2, 0.25) is 0 Å². The molecule has 0 radical (unpaired) electrons. The molecule has 0 aliphatic heterocycles. The molecule has 2 heterocycles. The predicted molar refractivity (Wildman–Crippen MR) is 101 cm³/mol. The van der Waals surface area contributed by atoms with E-state index in [1.165, 1.54) is 25.5 Å². The van der Waals surface area contributed by atoms with Gasteiger partial charge >= 0.3 is 0 Å². The number of methoxy groups -OCH3 is 1. The second-order valence-corrected chi connectivity index (χ2v) is 8.16. The van der Waals surface area contributed by atoms with E-state index >= 15 is 0 Å². The molecule has 0 bridgehead atoms. The summed E-state index contributed by atoms with van der Waals surface area (Å²) in [4.78, 5) is 16.8. The van der Waals surface area contributed by atoms with Crippen molar-refractivity contribution in [2.45, 2.75) is 18.4 Å². The van der Waals surface area contributed by atoms with Gasteiger partial charge in [0.2, 0.25) is 0 Å². The van der Waals surface area contributed by atoms with Crippen LogP contribution in [-0.4, -0.2) is 26.4 Å². The van der Waals surface area contributed by atoms with Crippen molar-refractivity contribution in [2.24, 2.45) is 0 Å². The number of benzene rings is 1. The number of carbonyl (C=O) groups excluding carboxylic acids is 1. The Hall–Kier alpha value is -2.85. The second-order valence-electron chi connectivity index (χ2n) is 5.48. The average Bonchev–Trinajstić information content (AvgIpc) is 3.29. The first-order valence-electron chi connectivity index (χ1n) is 7.84. The highest BCUT2D eigenvalue weighted by Gasteiger charge is 2.20. The lowest BCUT2D eigenvalue weighted by Crippen LogP contribution is -2.22. The smallest absolute Gasteiger partial charge is 0.263 e. The van der Waals surface area contributed by atoms with Crippen LogP contribution in [0.4, 0.5) is 5.13 Å². The number of hydrogen-bond donors (Lipinski definition) is 2. The number of rotatable bonds is 7. The summed E-state index contributed by atoms with van der Waals surface area (Å²) in [6, 6.07) is 9.43. The molecule has 0 aliphatic rings. The second kappa shape index (κ2) is 7.80.